The minimum Gasteiger partial charge on any atom is -0.454 e. The molecule has 0 spiro atoms. The number of amidine groups is 1. The van der Waals surface area contributed by atoms with Crippen LogP contribution in [-0.4, -0.2) is 22.2 Å². The fraction of sp³-hybridized carbons (Fsp3) is 0.158. The zero-order chi connectivity index (χ0) is 18.6. The highest BCUT2D eigenvalue weighted by atomic mass is 16.7. The van der Waals surface area contributed by atoms with Gasteiger partial charge in [-0.2, -0.15) is 0 Å². The molecule has 3 aromatic rings. The topological polar surface area (TPSA) is 113 Å². The van der Waals surface area contributed by atoms with Gasteiger partial charge in [0.25, 0.3) is 0 Å². The molecule has 0 aliphatic carbocycles. The number of fused-ring (bicyclic) bond motifs is 2. The first-order valence-electron chi connectivity index (χ1n) is 8.52. The lowest BCUT2D eigenvalue weighted by molar-refractivity contribution is 0.174. The number of hydrogen-bond donors (Lipinski definition) is 3. The first kappa shape index (κ1) is 15.7. The number of nitrogens with two attached hydrogens (primary N) is 2. The summed E-state index contributed by atoms with van der Waals surface area (Å²) >= 11 is 0. The Hall–Kier alpha value is -3.52. The summed E-state index contributed by atoms with van der Waals surface area (Å²) in [5.41, 5.74) is 15.3. The number of nitrogens with one attached hydrogen (secondary N) is 1. The van der Waals surface area contributed by atoms with Crippen LogP contribution in [0.4, 0.5) is 0 Å². The van der Waals surface area contributed by atoms with Crippen LogP contribution in [0.5, 0.6) is 11.5 Å². The third-order valence-electron chi connectivity index (χ3n) is 4.69. The molecule has 27 heavy (non-hydrogen) atoms. The Morgan fingerprint density at radius 1 is 1.15 bits per heavy atom. The Balaban J connectivity index is 1.60. The van der Waals surface area contributed by atoms with E-state index in [2.05, 4.69) is 15.3 Å². The number of rotatable bonds is 2. The average Bonchev–Trinajstić information content (AvgIpc) is 3.23. The molecule has 1 unspecified atom stereocenters. The molecule has 136 valence electrons. The van der Waals surface area contributed by atoms with Gasteiger partial charge in [0.2, 0.25) is 12.6 Å². The van der Waals surface area contributed by atoms with Gasteiger partial charge in [0.15, 0.2) is 11.5 Å². The number of aromatic nitrogens is 2. The lowest BCUT2D eigenvalue weighted by Gasteiger charge is -2.33. The van der Waals surface area contributed by atoms with Crippen molar-refractivity contribution in [3.05, 3.63) is 59.9 Å². The highest BCUT2D eigenvalue weighted by molar-refractivity contribution is 5.98. The Morgan fingerprint density at radius 3 is 2.85 bits per heavy atom. The van der Waals surface area contributed by atoms with E-state index in [4.69, 9.17) is 20.9 Å². The van der Waals surface area contributed by atoms with Crippen LogP contribution in [0.2, 0.25) is 0 Å². The quantitative estimate of drug-likeness (QED) is 0.638. The standard InChI is InChI=1S/C19H18N6O2/c1-11-22-13-4-2-3-5-14(13)25(11)18-9-17(20)23-19(21,24-18)12-6-7-15-16(8-12)27-10-26-15/h2-9,24H,10,21H2,1H3,(H2,20,23). The van der Waals surface area contributed by atoms with Gasteiger partial charge < -0.3 is 20.5 Å². The lowest BCUT2D eigenvalue weighted by atomic mass is 10.1. The van der Waals surface area contributed by atoms with Gasteiger partial charge in [-0.1, -0.05) is 12.1 Å². The molecule has 0 bridgehead atoms. The summed E-state index contributed by atoms with van der Waals surface area (Å²) < 4.78 is 12.8. The molecule has 2 aliphatic rings. The molecule has 0 radical (unpaired) electrons. The van der Waals surface area contributed by atoms with Crippen LogP contribution in [-0.2, 0) is 5.79 Å². The lowest BCUT2D eigenvalue weighted by Crippen LogP contribution is -2.52. The van der Waals surface area contributed by atoms with Crippen molar-refractivity contribution >= 4 is 22.7 Å². The molecule has 3 heterocycles. The molecular formula is C19H18N6O2. The maximum atomic E-state index is 6.61. The fourth-order valence-electron chi connectivity index (χ4n) is 3.48. The van der Waals surface area contributed by atoms with Crippen LogP contribution in [0.15, 0.2) is 53.5 Å². The molecule has 0 amide bonds. The van der Waals surface area contributed by atoms with E-state index in [-0.39, 0.29) is 6.79 Å². The summed E-state index contributed by atoms with van der Waals surface area (Å²) in [6, 6.07) is 13.4. The van der Waals surface area contributed by atoms with E-state index >= 15 is 0 Å². The van der Waals surface area contributed by atoms with Crippen molar-refractivity contribution in [3.8, 4) is 11.5 Å². The molecule has 1 aromatic heterocycles. The van der Waals surface area contributed by atoms with Gasteiger partial charge in [-0.3, -0.25) is 10.3 Å². The van der Waals surface area contributed by atoms with Crippen LogP contribution in [0.1, 0.15) is 11.4 Å². The van der Waals surface area contributed by atoms with Gasteiger partial charge in [-0.05, 0) is 37.3 Å². The second-order valence-corrected chi connectivity index (χ2v) is 6.51. The number of nitrogens with zero attached hydrogens (tertiary/aromatic N) is 3. The highest BCUT2D eigenvalue weighted by Crippen LogP contribution is 2.36. The second kappa shape index (κ2) is 5.49. The SMILES string of the molecule is Cc1nc2ccccc2n1C1=CC(N)=NC(N)(c2ccc3c(c2)OCO3)N1. The Labute approximate surface area is 155 Å². The molecule has 0 saturated heterocycles. The van der Waals surface area contributed by atoms with Gasteiger partial charge in [0, 0.05) is 11.6 Å². The third-order valence-corrected chi connectivity index (χ3v) is 4.69. The minimum absolute atomic E-state index is 0.195. The number of aryl methyl sites for hydroxylation is 1. The monoisotopic (exact) mass is 362 g/mol. The number of ether oxygens (including phenoxy) is 2. The normalized spacial score (nSPS) is 21.0. The summed E-state index contributed by atoms with van der Waals surface area (Å²) in [6.45, 7) is 2.13. The van der Waals surface area contributed by atoms with E-state index in [1.807, 2.05) is 54.0 Å². The third kappa shape index (κ3) is 2.42. The Bertz CT molecular complexity index is 1130. The summed E-state index contributed by atoms with van der Waals surface area (Å²) in [5, 5.41) is 3.30. The van der Waals surface area contributed by atoms with Crippen LogP contribution in [0, 0.1) is 6.92 Å². The number of aliphatic imine (C=N–C) groups is 1. The molecule has 0 saturated carbocycles. The van der Waals surface area contributed by atoms with Gasteiger partial charge >= 0.3 is 0 Å². The maximum absolute atomic E-state index is 6.61. The van der Waals surface area contributed by atoms with Crippen molar-refractivity contribution in [1.29, 1.82) is 0 Å². The van der Waals surface area contributed by atoms with Crippen LogP contribution in [0.25, 0.3) is 16.9 Å². The van der Waals surface area contributed by atoms with E-state index in [0.29, 0.717) is 28.7 Å². The summed E-state index contributed by atoms with van der Waals surface area (Å²) in [4.78, 5) is 9.04. The van der Waals surface area contributed by atoms with Gasteiger partial charge in [-0.15, -0.1) is 0 Å². The maximum Gasteiger partial charge on any atom is 0.231 e. The summed E-state index contributed by atoms with van der Waals surface area (Å²) in [6.07, 6.45) is 1.75. The molecule has 8 heteroatoms. The fourth-order valence-corrected chi connectivity index (χ4v) is 3.48. The average molecular weight is 362 g/mol. The Kier molecular flexibility index (Phi) is 3.19. The molecule has 5 rings (SSSR count). The minimum atomic E-state index is -1.24. The first-order chi connectivity index (χ1) is 13.0. The Morgan fingerprint density at radius 2 is 1.96 bits per heavy atom. The number of benzene rings is 2. The highest BCUT2D eigenvalue weighted by Gasteiger charge is 2.33. The van der Waals surface area contributed by atoms with Crippen molar-refractivity contribution in [3.63, 3.8) is 0 Å². The van der Waals surface area contributed by atoms with Crippen LogP contribution in [0.3, 0.4) is 0 Å². The van der Waals surface area contributed by atoms with Crippen LogP contribution < -0.4 is 26.3 Å². The van der Waals surface area contributed by atoms with E-state index < -0.39 is 5.79 Å². The zero-order valence-electron chi connectivity index (χ0n) is 14.6. The predicted molar refractivity (Wildman–Crippen MR) is 102 cm³/mol. The zero-order valence-corrected chi connectivity index (χ0v) is 14.6. The second-order valence-electron chi connectivity index (χ2n) is 6.51. The number of hydrogen-bond acceptors (Lipinski definition) is 7. The van der Waals surface area contributed by atoms with Gasteiger partial charge in [0.1, 0.15) is 17.5 Å². The van der Waals surface area contributed by atoms with Crippen molar-refractivity contribution < 1.29 is 9.47 Å². The summed E-state index contributed by atoms with van der Waals surface area (Å²) in [7, 11) is 0. The number of para-hydroxylation sites is 2. The molecule has 0 fully saturated rings. The summed E-state index contributed by atoms with van der Waals surface area (Å²) in [5.74, 6) is 1.91. The van der Waals surface area contributed by atoms with Crippen molar-refractivity contribution in [2.24, 2.45) is 16.5 Å². The van der Waals surface area contributed by atoms with E-state index in [1.165, 1.54) is 0 Å². The largest absolute Gasteiger partial charge is 0.454 e. The van der Waals surface area contributed by atoms with E-state index in [0.717, 1.165) is 16.9 Å². The van der Waals surface area contributed by atoms with Crippen molar-refractivity contribution in [2.45, 2.75) is 12.7 Å². The molecule has 8 nitrogen and oxygen atoms in total. The van der Waals surface area contributed by atoms with E-state index in [9.17, 15) is 0 Å². The van der Waals surface area contributed by atoms with Gasteiger partial charge in [-0.25, -0.2) is 9.98 Å². The smallest absolute Gasteiger partial charge is 0.231 e. The van der Waals surface area contributed by atoms with Crippen molar-refractivity contribution in [1.82, 2.24) is 14.9 Å². The predicted octanol–water partition coefficient (Wildman–Crippen LogP) is 1.60. The molecule has 2 aliphatic heterocycles. The van der Waals surface area contributed by atoms with Crippen LogP contribution >= 0.6 is 0 Å². The number of imidazole rings is 1. The first-order valence-corrected chi connectivity index (χ1v) is 8.52. The van der Waals surface area contributed by atoms with Gasteiger partial charge in [0.05, 0.1) is 11.0 Å². The molecular weight excluding hydrogens is 344 g/mol. The van der Waals surface area contributed by atoms with Crippen molar-refractivity contribution in [2.75, 3.05) is 6.79 Å². The molecule has 2 aromatic carbocycles. The molecule has 5 N–H and O–H groups in total. The van der Waals surface area contributed by atoms with E-state index in [1.54, 1.807) is 6.08 Å². The molecule has 1 atom stereocenters.